The molecule has 0 atom stereocenters. The maximum Gasteiger partial charge on any atom is 0.422 e. The van der Waals surface area contributed by atoms with Crippen LogP contribution in [0.15, 0.2) is 36.5 Å². The van der Waals surface area contributed by atoms with Gasteiger partial charge in [0.1, 0.15) is 5.02 Å². The number of ether oxygens (including phenoxy) is 1. The zero-order valence-electron chi connectivity index (χ0n) is 17.7. The van der Waals surface area contributed by atoms with E-state index in [1.165, 1.54) is 6.07 Å². The summed E-state index contributed by atoms with van der Waals surface area (Å²) in [6.07, 6.45) is -1.02. The van der Waals surface area contributed by atoms with Crippen molar-refractivity contribution < 1.29 is 27.5 Å². The van der Waals surface area contributed by atoms with Crippen LogP contribution in [0.1, 0.15) is 28.8 Å². The molecule has 33 heavy (non-hydrogen) atoms. The van der Waals surface area contributed by atoms with E-state index in [0.29, 0.717) is 5.69 Å². The van der Waals surface area contributed by atoms with E-state index in [2.05, 4.69) is 19.9 Å². The van der Waals surface area contributed by atoms with Crippen LogP contribution >= 0.6 is 11.6 Å². The van der Waals surface area contributed by atoms with E-state index in [1.54, 1.807) is 12.1 Å². The number of piperidine rings is 1. The minimum atomic E-state index is -4.52. The highest BCUT2D eigenvalue weighted by Crippen LogP contribution is 2.25. The molecule has 0 saturated carbocycles. The molecule has 1 aromatic heterocycles. The van der Waals surface area contributed by atoms with Crippen LogP contribution in [-0.4, -0.2) is 54.1 Å². The number of carbonyl (C=O) groups is 2. The van der Waals surface area contributed by atoms with Gasteiger partial charge in [0.25, 0.3) is 5.91 Å². The van der Waals surface area contributed by atoms with Gasteiger partial charge in [0.05, 0.1) is 5.56 Å². The average molecular weight is 485 g/mol. The number of carbonyl (C=O) groups excluding carboxylic acids is 2. The van der Waals surface area contributed by atoms with Gasteiger partial charge in [0.15, 0.2) is 6.61 Å². The third kappa shape index (κ3) is 7.61. The number of nitrogens with zero attached hydrogens (tertiary/aromatic N) is 2. The quantitative estimate of drug-likeness (QED) is 0.596. The molecule has 1 saturated heterocycles. The van der Waals surface area contributed by atoms with Crippen molar-refractivity contribution in [1.82, 2.24) is 9.88 Å². The Morgan fingerprint density at radius 3 is 2.45 bits per heavy atom. The van der Waals surface area contributed by atoms with Crippen LogP contribution in [0.3, 0.4) is 0 Å². The molecule has 1 aliphatic heterocycles. The number of nitrogens with two attached hydrogens (primary N) is 1. The van der Waals surface area contributed by atoms with Gasteiger partial charge in [-0.3, -0.25) is 9.59 Å². The van der Waals surface area contributed by atoms with Crippen LogP contribution in [0.4, 0.5) is 18.9 Å². The number of pyridine rings is 1. The number of hydrogen-bond donors (Lipinski definition) is 2. The van der Waals surface area contributed by atoms with Crippen molar-refractivity contribution >= 4 is 29.1 Å². The highest BCUT2D eigenvalue weighted by Gasteiger charge is 2.29. The summed E-state index contributed by atoms with van der Waals surface area (Å²) in [5, 5.41) is 2.50. The van der Waals surface area contributed by atoms with Crippen LogP contribution in [0, 0.1) is 5.92 Å². The fourth-order valence-corrected chi connectivity index (χ4v) is 3.71. The monoisotopic (exact) mass is 484 g/mol. The van der Waals surface area contributed by atoms with E-state index >= 15 is 0 Å². The first kappa shape index (κ1) is 24.8. The number of halogens is 4. The molecular weight excluding hydrogens is 461 g/mol. The number of amides is 2. The molecule has 3 N–H and O–H groups in total. The van der Waals surface area contributed by atoms with Gasteiger partial charge in [-0.1, -0.05) is 23.7 Å². The Morgan fingerprint density at radius 1 is 1.21 bits per heavy atom. The van der Waals surface area contributed by atoms with Gasteiger partial charge >= 0.3 is 6.18 Å². The first-order valence-electron chi connectivity index (χ1n) is 10.4. The molecule has 1 aromatic carbocycles. The van der Waals surface area contributed by atoms with Crippen molar-refractivity contribution in [2.45, 2.75) is 25.4 Å². The maximum absolute atomic E-state index is 12.4. The summed E-state index contributed by atoms with van der Waals surface area (Å²) in [6, 6.07) is 8.55. The zero-order valence-corrected chi connectivity index (χ0v) is 18.5. The molecule has 3 rings (SSSR count). The van der Waals surface area contributed by atoms with Gasteiger partial charge in [-0.25, -0.2) is 4.98 Å². The number of alkyl halides is 3. The first-order chi connectivity index (χ1) is 15.6. The average Bonchev–Trinajstić information content (AvgIpc) is 2.77. The number of anilines is 1. The molecule has 0 aliphatic carbocycles. The molecular formula is C22H24ClF3N4O3. The Bertz CT molecular complexity index is 978. The SMILES string of the molecule is NC(=O)C1CCN(CCc2ccc(NC(=O)c3cnc(OCC(F)(F)F)c(Cl)c3)cc2)CC1. The maximum atomic E-state index is 12.4. The van der Waals surface area contributed by atoms with Crippen LogP contribution in [0.25, 0.3) is 0 Å². The standard InChI is InChI=1S/C22H24ClF3N4O3/c23-18-11-16(12-28-21(18)33-13-22(24,25)26)20(32)29-17-3-1-14(2-4-17)5-8-30-9-6-15(7-10-30)19(27)31/h1-4,11-12,15H,5-10,13H2,(H2,27,31)(H,29,32). The van der Waals surface area contributed by atoms with Gasteiger partial charge < -0.3 is 20.7 Å². The number of aromatic nitrogens is 1. The van der Waals surface area contributed by atoms with Gasteiger partial charge in [0, 0.05) is 24.3 Å². The van der Waals surface area contributed by atoms with E-state index < -0.39 is 24.6 Å². The van der Waals surface area contributed by atoms with Crippen LogP contribution in [0.2, 0.25) is 5.02 Å². The number of likely N-dealkylation sites (tertiary alicyclic amines) is 1. The molecule has 0 spiro atoms. The van der Waals surface area contributed by atoms with E-state index in [0.717, 1.165) is 50.7 Å². The lowest BCUT2D eigenvalue weighted by molar-refractivity contribution is -0.154. The van der Waals surface area contributed by atoms with E-state index in [-0.39, 0.29) is 22.4 Å². The second kappa shape index (κ2) is 10.8. The van der Waals surface area contributed by atoms with Crippen molar-refractivity contribution in [2.24, 2.45) is 11.7 Å². The predicted molar refractivity (Wildman–Crippen MR) is 117 cm³/mol. The molecule has 2 amide bonds. The summed E-state index contributed by atoms with van der Waals surface area (Å²) >= 11 is 5.89. The van der Waals surface area contributed by atoms with Gasteiger partial charge in [-0.2, -0.15) is 13.2 Å². The van der Waals surface area contributed by atoms with E-state index in [4.69, 9.17) is 17.3 Å². The summed E-state index contributed by atoms with van der Waals surface area (Å²) in [6.45, 7) is 1.03. The van der Waals surface area contributed by atoms with Gasteiger partial charge in [-0.15, -0.1) is 0 Å². The minimum absolute atomic E-state index is 0.0298. The normalized spacial score (nSPS) is 15.3. The number of primary amides is 1. The summed E-state index contributed by atoms with van der Waals surface area (Å²) in [5.41, 5.74) is 7.10. The number of rotatable bonds is 8. The highest BCUT2D eigenvalue weighted by atomic mass is 35.5. The number of hydrogen-bond acceptors (Lipinski definition) is 5. The molecule has 0 bridgehead atoms. The molecule has 1 aliphatic rings. The fraction of sp³-hybridized carbons (Fsp3) is 0.409. The second-order valence-corrected chi connectivity index (χ2v) is 8.24. The third-order valence-corrected chi connectivity index (χ3v) is 5.63. The third-order valence-electron chi connectivity index (χ3n) is 5.36. The molecule has 0 radical (unpaired) electrons. The fourth-order valence-electron chi connectivity index (χ4n) is 3.49. The van der Waals surface area contributed by atoms with Crippen LogP contribution < -0.4 is 15.8 Å². The Kier molecular flexibility index (Phi) is 8.15. The molecule has 1 fully saturated rings. The minimum Gasteiger partial charge on any atom is -0.467 e. The second-order valence-electron chi connectivity index (χ2n) is 7.83. The summed E-state index contributed by atoms with van der Waals surface area (Å²) < 4.78 is 41.3. The van der Waals surface area contributed by atoms with Crippen LogP contribution in [0.5, 0.6) is 5.88 Å². The smallest absolute Gasteiger partial charge is 0.422 e. The molecule has 11 heteroatoms. The molecule has 0 unspecified atom stereocenters. The first-order valence-corrected chi connectivity index (χ1v) is 10.8. The van der Waals surface area contributed by atoms with E-state index in [9.17, 15) is 22.8 Å². The summed E-state index contributed by atoms with van der Waals surface area (Å²) in [4.78, 5) is 29.7. The molecule has 2 heterocycles. The Hall–Kier alpha value is -2.85. The van der Waals surface area contributed by atoms with Gasteiger partial charge in [-0.05, 0) is 56.1 Å². The Labute approximate surface area is 194 Å². The predicted octanol–water partition coefficient (Wildman–Crippen LogP) is 3.67. The summed E-state index contributed by atoms with van der Waals surface area (Å²) in [5.74, 6) is -1.15. The molecule has 178 valence electrons. The molecule has 7 nitrogen and oxygen atoms in total. The van der Waals surface area contributed by atoms with Crippen molar-refractivity contribution in [3.05, 3.63) is 52.7 Å². The lowest BCUT2D eigenvalue weighted by atomic mass is 9.96. The van der Waals surface area contributed by atoms with Crippen LogP contribution in [-0.2, 0) is 11.2 Å². The lowest BCUT2D eigenvalue weighted by Crippen LogP contribution is -2.39. The highest BCUT2D eigenvalue weighted by molar-refractivity contribution is 6.32. The molecule has 2 aromatic rings. The van der Waals surface area contributed by atoms with Crippen molar-refractivity contribution in [1.29, 1.82) is 0 Å². The topological polar surface area (TPSA) is 97.6 Å². The van der Waals surface area contributed by atoms with Gasteiger partial charge in [0.2, 0.25) is 11.8 Å². The van der Waals surface area contributed by atoms with Crippen molar-refractivity contribution in [3.63, 3.8) is 0 Å². The number of benzene rings is 1. The van der Waals surface area contributed by atoms with Crippen molar-refractivity contribution in [3.8, 4) is 5.88 Å². The zero-order chi connectivity index (χ0) is 24.0. The Balaban J connectivity index is 1.49. The Morgan fingerprint density at radius 2 is 1.88 bits per heavy atom. The van der Waals surface area contributed by atoms with E-state index in [1.807, 2.05) is 12.1 Å². The lowest BCUT2D eigenvalue weighted by Gasteiger charge is -2.30. The number of nitrogens with one attached hydrogen (secondary N) is 1. The summed E-state index contributed by atoms with van der Waals surface area (Å²) in [7, 11) is 0. The largest absolute Gasteiger partial charge is 0.467 e. The van der Waals surface area contributed by atoms with Crippen molar-refractivity contribution in [2.75, 3.05) is 31.6 Å².